The van der Waals surface area contributed by atoms with Gasteiger partial charge in [0.15, 0.2) is 0 Å². The molecule has 1 aromatic rings. The van der Waals surface area contributed by atoms with Gasteiger partial charge in [0.2, 0.25) is 6.23 Å². The molecule has 19 heavy (non-hydrogen) atoms. The van der Waals surface area contributed by atoms with E-state index in [9.17, 15) is 9.59 Å². The van der Waals surface area contributed by atoms with Crippen LogP contribution in [0.3, 0.4) is 0 Å². The van der Waals surface area contributed by atoms with Crippen molar-refractivity contribution in [1.29, 1.82) is 0 Å². The van der Waals surface area contributed by atoms with Crippen LogP contribution in [-0.2, 0) is 14.3 Å². The molecule has 5 heteroatoms. The zero-order chi connectivity index (χ0) is 14.0. The number of benzene rings is 1. The van der Waals surface area contributed by atoms with Crippen molar-refractivity contribution in [2.45, 2.75) is 20.1 Å². The maximum atomic E-state index is 12.0. The van der Waals surface area contributed by atoms with E-state index in [4.69, 9.17) is 9.47 Å². The Kier molecular flexibility index (Phi) is 3.55. The summed E-state index contributed by atoms with van der Waals surface area (Å²) >= 11 is 0. The van der Waals surface area contributed by atoms with Crippen LogP contribution in [0.2, 0.25) is 0 Å². The van der Waals surface area contributed by atoms with Gasteiger partial charge in [-0.2, -0.15) is 0 Å². The molecule has 2 rings (SSSR count). The van der Waals surface area contributed by atoms with Gasteiger partial charge in [0.25, 0.3) is 5.91 Å². The third-order valence-electron chi connectivity index (χ3n) is 2.91. The number of esters is 1. The standard InChI is InChI=1S/C14H15NO4/c1-4-12-13(17)15(14(12)19-9(2)16)10-5-7-11(18-3)8-6-10/h4-8,14H,1-3H3/b12-4+. The van der Waals surface area contributed by atoms with Crippen LogP contribution in [0.25, 0.3) is 0 Å². The first-order valence-corrected chi connectivity index (χ1v) is 5.89. The van der Waals surface area contributed by atoms with Gasteiger partial charge in [-0.05, 0) is 31.2 Å². The van der Waals surface area contributed by atoms with Crippen LogP contribution >= 0.6 is 0 Å². The van der Waals surface area contributed by atoms with Gasteiger partial charge in [-0.3, -0.25) is 14.5 Å². The van der Waals surface area contributed by atoms with Crippen molar-refractivity contribution in [2.24, 2.45) is 0 Å². The number of carbonyl (C=O) groups excluding carboxylic acids is 2. The number of ether oxygens (including phenoxy) is 2. The number of β-lactam (4-membered cyclic amide) rings is 1. The molecule has 1 aliphatic rings. The van der Waals surface area contributed by atoms with Gasteiger partial charge < -0.3 is 9.47 Å². The molecule has 0 N–H and O–H groups in total. The van der Waals surface area contributed by atoms with Gasteiger partial charge in [0.1, 0.15) is 5.75 Å². The first kappa shape index (κ1) is 13.1. The minimum atomic E-state index is -0.636. The minimum absolute atomic E-state index is 0.154. The molecule has 1 aliphatic heterocycles. The summed E-state index contributed by atoms with van der Waals surface area (Å²) in [7, 11) is 1.57. The van der Waals surface area contributed by atoms with Crippen LogP contribution in [-0.4, -0.2) is 25.2 Å². The molecule has 0 radical (unpaired) electrons. The molecule has 0 saturated carbocycles. The predicted molar refractivity (Wildman–Crippen MR) is 69.8 cm³/mol. The molecule has 1 aromatic carbocycles. The number of hydrogen-bond donors (Lipinski definition) is 0. The van der Waals surface area contributed by atoms with E-state index in [1.165, 1.54) is 11.8 Å². The Morgan fingerprint density at radius 2 is 1.95 bits per heavy atom. The van der Waals surface area contributed by atoms with Crippen molar-refractivity contribution < 1.29 is 19.1 Å². The van der Waals surface area contributed by atoms with E-state index in [1.54, 1.807) is 44.4 Å². The number of allylic oxidation sites excluding steroid dienone is 1. The zero-order valence-electron chi connectivity index (χ0n) is 11.0. The summed E-state index contributed by atoms with van der Waals surface area (Å²) in [4.78, 5) is 24.5. The second kappa shape index (κ2) is 5.14. The average Bonchev–Trinajstić information content (AvgIpc) is 2.39. The molecule has 1 unspecified atom stereocenters. The lowest BCUT2D eigenvalue weighted by molar-refractivity contribution is -0.148. The fraction of sp³-hybridized carbons (Fsp3) is 0.286. The highest BCUT2D eigenvalue weighted by Gasteiger charge is 2.44. The number of amides is 1. The van der Waals surface area contributed by atoms with Crippen LogP contribution in [0.5, 0.6) is 5.75 Å². The van der Waals surface area contributed by atoms with Crippen molar-refractivity contribution in [2.75, 3.05) is 12.0 Å². The van der Waals surface area contributed by atoms with Crippen molar-refractivity contribution in [3.05, 3.63) is 35.9 Å². The molecule has 5 nitrogen and oxygen atoms in total. The van der Waals surface area contributed by atoms with Gasteiger partial charge in [0.05, 0.1) is 12.7 Å². The summed E-state index contributed by atoms with van der Waals surface area (Å²) in [6, 6.07) is 7.00. The van der Waals surface area contributed by atoms with E-state index < -0.39 is 12.2 Å². The van der Waals surface area contributed by atoms with Crippen LogP contribution in [0, 0.1) is 0 Å². The SMILES string of the molecule is C/C=C1\C(=O)N(c2ccc(OC)cc2)C1OC(C)=O. The van der Waals surface area contributed by atoms with E-state index in [1.807, 2.05) is 0 Å². The van der Waals surface area contributed by atoms with Crippen molar-refractivity contribution in [3.63, 3.8) is 0 Å². The summed E-state index contributed by atoms with van der Waals surface area (Å²) in [5.74, 6) is 0.126. The van der Waals surface area contributed by atoms with Crippen LogP contribution in [0.1, 0.15) is 13.8 Å². The molecule has 1 saturated heterocycles. The molecule has 0 aromatic heterocycles. The Hall–Kier alpha value is -2.30. The largest absolute Gasteiger partial charge is 0.497 e. The highest BCUT2D eigenvalue weighted by Crippen LogP contribution is 2.33. The Bertz CT molecular complexity index is 533. The van der Waals surface area contributed by atoms with Crippen molar-refractivity contribution >= 4 is 17.6 Å². The summed E-state index contributed by atoms with van der Waals surface area (Å²) in [5.41, 5.74) is 1.16. The van der Waals surface area contributed by atoms with Gasteiger partial charge >= 0.3 is 5.97 Å². The lowest BCUT2D eigenvalue weighted by Crippen LogP contribution is -2.57. The normalized spacial score (nSPS) is 20.2. The number of nitrogens with zero attached hydrogens (tertiary/aromatic N) is 1. The Balaban J connectivity index is 2.26. The topological polar surface area (TPSA) is 55.8 Å². The monoisotopic (exact) mass is 261 g/mol. The van der Waals surface area contributed by atoms with E-state index in [-0.39, 0.29) is 5.91 Å². The molecule has 1 heterocycles. The fourth-order valence-electron chi connectivity index (χ4n) is 1.96. The van der Waals surface area contributed by atoms with Gasteiger partial charge in [0, 0.05) is 12.6 Å². The molecule has 1 fully saturated rings. The Morgan fingerprint density at radius 3 is 2.42 bits per heavy atom. The zero-order valence-corrected chi connectivity index (χ0v) is 11.0. The number of carbonyl (C=O) groups is 2. The number of methoxy groups -OCH3 is 1. The lowest BCUT2D eigenvalue weighted by Gasteiger charge is -2.41. The number of anilines is 1. The smallest absolute Gasteiger partial charge is 0.304 e. The molecule has 1 atom stereocenters. The van der Waals surface area contributed by atoms with Crippen LogP contribution in [0.15, 0.2) is 35.9 Å². The maximum absolute atomic E-state index is 12.0. The lowest BCUT2D eigenvalue weighted by atomic mass is 10.0. The Labute approximate surface area is 111 Å². The number of rotatable bonds is 3. The van der Waals surface area contributed by atoms with Crippen LogP contribution < -0.4 is 9.64 Å². The molecule has 0 spiro atoms. The quantitative estimate of drug-likeness (QED) is 0.473. The first-order valence-electron chi connectivity index (χ1n) is 5.89. The first-order chi connectivity index (χ1) is 9.08. The van der Waals surface area contributed by atoms with E-state index in [2.05, 4.69) is 0 Å². The average molecular weight is 261 g/mol. The molecule has 1 amide bonds. The molecule has 0 bridgehead atoms. The summed E-state index contributed by atoms with van der Waals surface area (Å²) in [5, 5.41) is 0. The molecular weight excluding hydrogens is 246 g/mol. The highest BCUT2D eigenvalue weighted by molar-refractivity contribution is 6.14. The molecule has 100 valence electrons. The van der Waals surface area contributed by atoms with Crippen molar-refractivity contribution in [3.8, 4) is 5.75 Å². The van der Waals surface area contributed by atoms with Gasteiger partial charge in [-0.15, -0.1) is 0 Å². The predicted octanol–water partition coefficient (Wildman–Crippen LogP) is 1.88. The summed E-state index contributed by atoms with van der Waals surface area (Å²) in [6.45, 7) is 3.07. The number of hydrogen-bond acceptors (Lipinski definition) is 4. The second-order valence-electron chi connectivity index (χ2n) is 4.08. The summed E-state index contributed by atoms with van der Waals surface area (Å²) < 4.78 is 10.2. The second-order valence-corrected chi connectivity index (χ2v) is 4.08. The highest BCUT2D eigenvalue weighted by atomic mass is 16.6. The van der Waals surface area contributed by atoms with E-state index in [0.717, 1.165) is 0 Å². The summed E-state index contributed by atoms with van der Waals surface area (Å²) in [6.07, 6.45) is 1.03. The molecule has 0 aliphatic carbocycles. The van der Waals surface area contributed by atoms with Crippen LogP contribution in [0.4, 0.5) is 5.69 Å². The van der Waals surface area contributed by atoms with Gasteiger partial charge in [-0.25, -0.2) is 0 Å². The maximum Gasteiger partial charge on any atom is 0.304 e. The fourth-order valence-corrected chi connectivity index (χ4v) is 1.96. The third kappa shape index (κ3) is 2.31. The van der Waals surface area contributed by atoms with E-state index in [0.29, 0.717) is 17.0 Å². The van der Waals surface area contributed by atoms with Crippen molar-refractivity contribution in [1.82, 2.24) is 0 Å². The van der Waals surface area contributed by atoms with E-state index >= 15 is 0 Å². The minimum Gasteiger partial charge on any atom is -0.497 e. The van der Waals surface area contributed by atoms with Gasteiger partial charge in [-0.1, -0.05) is 6.08 Å². The Morgan fingerprint density at radius 1 is 1.32 bits per heavy atom. The third-order valence-corrected chi connectivity index (χ3v) is 2.91. The molecular formula is C14H15NO4.